The van der Waals surface area contributed by atoms with E-state index in [1.54, 1.807) is 18.2 Å². The number of hydrogen-bond acceptors (Lipinski definition) is 5. The molecule has 0 aliphatic carbocycles. The molecule has 1 amide bonds. The molecule has 0 unspecified atom stereocenters. The van der Waals surface area contributed by atoms with Gasteiger partial charge in [-0.25, -0.2) is 0 Å². The van der Waals surface area contributed by atoms with Crippen LogP contribution in [0, 0.1) is 0 Å². The van der Waals surface area contributed by atoms with E-state index in [-0.39, 0.29) is 24.5 Å². The van der Waals surface area contributed by atoms with E-state index < -0.39 is 5.97 Å². The highest BCUT2D eigenvalue weighted by molar-refractivity contribution is 5.81. The summed E-state index contributed by atoms with van der Waals surface area (Å²) in [6.45, 7) is 6.33. The van der Waals surface area contributed by atoms with Crippen LogP contribution >= 0.6 is 0 Å². The average Bonchev–Trinajstić information content (AvgIpc) is 2.43. The summed E-state index contributed by atoms with van der Waals surface area (Å²) >= 11 is 0. The molecular weight excluding hydrogens is 286 g/mol. The molecule has 0 aromatic heterocycles. The number of benzene rings is 1. The van der Waals surface area contributed by atoms with Crippen LogP contribution in [0.3, 0.4) is 0 Å². The first-order valence-electron chi connectivity index (χ1n) is 7.19. The Morgan fingerprint density at radius 2 is 1.86 bits per heavy atom. The first kappa shape index (κ1) is 16.1. The van der Waals surface area contributed by atoms with Crippen LogP contribution in [-0.4, -0.2) is 37.2 Å². The molecule has 6 nitrogen and oxygen atoms in total. The number of rotatable bonds is 4. The molecule has 1 heterocycles. The summed E-state index contributed by atoms with van der Waals surface area (Å²) in [5.74, 6) is 0.527. The fourth-order valence-corrected chi connectivity index (χ4v) is 2.02. The first-order chi connectivity index (χ1) is 10.3. The highest BCUT2D eigenvalue weighted by Crippen LogP contribution is 2.30. The minimum atomic E-state index is -0.458. The lowest BCUT2D eigenvalue weighted by Gasteiger charge is -2.20. The molecule has 1 aliphatic rings. The molecule has 2 rings (SSSR count). The number of fused-ring (bicyclic) bond motifs is 1. The van der Waals surface area contributed by atoms with Gasteiger partial charge in [0.25, 0.3) is 5.91 Å². The van der Waals surface area contributed by atoms with E-state index in [4.69, 9.17) is 14.2 Å². The first-order valence-corrected chi connectivity index (χ1v) is 7.19. The maximum absolute atomic E-state index is 11.8. The van der Waals surface area contributed by atoms with Gasteiger partial charge in [0.2, 0.25) is 0 Å². The Hall–Kier alpha value is -2.24. The van der Waals surface area contributed by atoms with E-state index in [1.807, 2.05) is 20.8 Å². The third kappa shape index (κ3) is 4.95. The summed E-state index contributed by atoms with van der Waals surface area (Å²) in [4.78, 5) is 23.4. The Labute approximate surface area is 129 Å². The lowest BCUT2D eigenvalue weighted by atomic mass is 10.1. The van der Waals surface area contributed by atoms with Crippen LogP contribution in [0.1, 0.15) is 26.3 Å². The zero-order chi connectivity index (χ0) is 16.2. The Morgan fingerprint density at radius 3 is 2.55 bits per heavy atom. The summed E-state index contributed by atoms with van der Waals surface area (Å²) < 4.78 is 15.8. The lowest BCUT2D eigenvalue weighted by molar-refractivity contribution is -0.148. The standard InChI is InChI=1S/C16H21NO5/c1-16(2,3)17-14(18)10-22-15(19)9-11-4-5-12-13(8-11)21-7-6-20-12/h4-5,8H,6-7,9-10H2,1-3H3,(H,17,18). The molecular formula is C16H21NO5. The molecule has 1 N–H and O–H groups in total. The minimum absolute atomic E-state index is 0.0828. The van der Waals surface area contributed by atoms with Gasteiger partial charge in [-0.05, 0) is 38.5 Å². The van der Waals surface area contributed by atoms with Crippen LogP contribution in [0.5, 0.6) is 11.5 Å². The van der Waals surface area contributed by atoms with Gasteiger partial charge >= 0.3 is 5.97 Å². The summed E-state index contributed by atoms with van der Waals surface area (Å²) in [5, 5.41) is 2.73. The number of esters is 1. The van der Waals surface area contributed by atoms with Crippen molar-refractivity contribution < 1.29 is 23.8 Å². The van der Waals surface area contributed by atoms with Crippen molar-refractivity contribution in [3.8, 4) is 11.5 Å². The average molecular weight is 307 g/mol. The van der Waals surface area contributed by atoms with Gasteiger partial charge in [-0.1, -0.05) is 6.07 Å². The molecule has 0 saturated heterocycles. The number of amides is 1. The van der Waals surface area contributed by atoms with Gasteiger partial charge in [-0.15, -0.1) is 0 Å². The lowest BCUT2D eigenvalue weighted by Crippen LogP contribution is -2.42. The number of carbonyl (C=O) groups excluding carboxylic acids is 2. The molecule has 0 radical (unpaired) electrons. The van der Waals surface area contributed by atoms with Crippen LogP contribution in [0.4, 0.5) is 0 Å². The van der Waals surface area contributed by atoms with E-state index in [2.05, 4.69) is 5.32 Å². The fraction of sp³-hybridized carbons (Fsp3) is 0.500. The Morgan fingerprint density at radius 1 is 1.18 bits per heavy atom. The second-order valence-electron chi connectivity index (χ2n) is 6.11. The molecule has 6 heteroatoms. The zero-order valence-corrected chi connectivity index (χ0v) is 13.1. The second-order valence-corrected chi connectivity index (χ2v) is 6.11. The van der Waals surface area contributed by atoms with Crippen molar-refractivity contribution in [2.24, 2.45) is 0 Å². The molecule has 0 atom stereocenters. The SMILES string of the molecule is CC(C)(C)NC(=O)COC(=O)Cc1ccc2c(c1)OCCO2. The van der Waals surface area contributed by atoms with Gasteiger partial charge in [-0.3, -0.25) is 9.59 Å². The number of ether oxygens (including phenoxy) is 3. The summed E-state index contributed by atoms with van der Waals surface area (Å²) in [5.41, 5.74) is 0.407. The van der Waals surface area contributed by atoms with Crippen LogP contribution in [0.15, 0.2) is 18.2 Å². The van der Waals surface area contributed by atoms with Crippen LogP contribution in [0.25, 0.3) is 0 Å². The van der Waals surface area contributed by atoms with Crippen molar-refractivity contribution in [3.05, 3.63) is 23.8 Å². The van der Waals surface area contributed by atoms with Crippen molar-refractivity contribution in [1.29, 1.82) is 0 Å². The van der Waals surface area contributed by atoms with E-state index in [1.165, 1.54) is 0 Å². The van der Waals surface area contributed by atoms with E-state index in [0.29, 0.717) is 24.7 Å². The normalized spacial score (nSPS) is 13.4. The fourth-order valence-electron chi connectivity index (χ4n) is 2.02. The predicted molar refractivity (Wildman–Crippen MR) is 80.0 cm³/mol. The molecule has 0 fully saturated rings. The van der Waals surface area contributed by atoms with Crippen LogP contribution < -0.4 is 14.8 Å². The van der Waals surface area contributed by atoms with Crippen molar-refractivity contribution in [3.63, 3.8) is 0 Å². The van der Waals surface area contributed by atoms with Crippen molar-refractivity contribution in [1.82, 2.24) is 5.32 Å². The van der Waals surface area contributed by atoms with Gasteiger partial charge in [-0.2, -0.15) is 0 Å². The highest BCUT2D eigenvalue weighted by atomic mass is 16.6. The second kappa shape index (κ2) is 6.68. The number of carbonyl (C=O) groups is 2. The van der Waals surface area contributed by atoms with Gasteiger partial charge in [0, 0.05) is 5.54 Å². The van der Waals surface area contributed by atoms with Crippen molar-refractivity contribution >= 4 is 11.9 Å². The molecule has 0 saturated carbocycles. The van der Waals surface area contributed by atoms with Gasteiger partial charge in [0.05, 0.1) is 6.42 Å². The van der Waals surface area contributed by atoms with Crippen molar-refractivity contribution in [2.75, 3.05) is 19.8 Å². The summed E-state index contributed by atoms with van der Waals surface area (Å²) in [7, 11) is 0. The molecule has 120 valence electrons. The van der Waals surface area contributed by atoms with E-state index >= 15 is 0 Å². The third-order valence-electron chi connectivity index (χ3n) is 2.83. The van der Waals surface area contributed by atoms with Crippen LogP contribution in [-0.2, 0) is 20.7 Å². The van der Waals surface area contributed by atoms with Gasteiger partial charge < -0.3 is 19.5 Å². The zero-order valence-electron chi connectivity index (χ0n) is 13.1. The molecule has 1 aromatic rings. The predicted octanol–water partition coefficient (Wildman–Crippen LogP) is 1.46. The Bertz CT molecular complexity index is 562. The van der Waals surface area contributed by atoms with E-state index in [9.17, 15) is 9.59 Å². The summed E-state index contributed by atoms with van der Waals surface area (Å²) in [6.07, 6.45) is 0.0828. The summed E-state index contributed by atoms with van der Waals surface area (Å²) in [6, 6.07) is 5.30. The highest BCUT2D eigenvalue weighted by Gasteiger charge is 2.16. The third-order valence-corrected chi connectivity index (χ3v) is 2.83. The molecule has 1 aliphatic heterocycles. The monoisotopic (exact) mass is 307 g/mol. The Kier molecular flexibility index (Phi) is 4.90. The molecule has 22 heavy (non-hydrogen) atoms. The number of nitrogens with one attached hydrogen (secondary N) is 1. The van der Waals surface area contributed by atoms with Crippen LogP contribution in [0.2, 0.25) is 0 Å². The van der Waals surface area contributed by atoms with Gasteiger partial charge in [0.1, 0.15) is 13.2 Å². The molecule has 0 spiro atoms. The maximum atomic E-state index is 11.8. The largest absolute Gasteiger partial charge is 0.486 e. The minimum Gasteiger partial charge on any atom is -0.486 e. The van der Waals surface area contributed by atoms with Gasteiger partial charge in [0.15, 0.2) is 18.1 Å². The molecule has 0 bridgehead atoms. The topological polar surface area (TPSA) is 73.9 Å². The molecule has 1 aromatic carbocycles. The Balaban J connectivity index is 1.83. The maximum Gasteiger partial charge on any atom is 0.310 e. The number of hydrogen-bond donors (Lipinski definition) is 1. The van der Waals surface area contributed by atoms with E-state index in [0.717, 1.165) is 5.56 Å². The van der Waals surface area contributed by atoms with Crippen molar-refractivity contribution in [2.45, 2.75) is 32.7 Å². The smallest absolute Gasteiger partial charge is 0.310 e. The quantitative estimate of drug-likeness (QED) is 0.853.